The fraction of sp³-hybridized carbons (Fsp3) is 0.600. The highest BCUT2D eigenvalue weighted by Gasteiger charge is 2.37. The van der Waals surface area contributed by atoms with E-state index in [1.54, 1.807) is 0 Å². The van der Waals surface area contributed by atoms with Crippen molar-refractivity contribution >= 4 is 28.1 Å². The normalized spacial score (nSPS) is 14.4. The molecule has 0 radical (unpaired) electrons. The van der Waals surface area contributed by atoms with Crippen LogP contribution >= 0.6 is 0 Å². The van der Waals surface area contributed by atoms with E-state index in [4.69, 9.17) is 0 Å². The number of carboxylic acids is 2. The van der Waals surface area contributed by atoms with Gasteiger partial charge in [-0.05, 0) is 0 Å². The average molecular weight is 260 g/mol. The molecule has 0 bridgehead atoms. The molecule has 16 heavy (non-hydrogen) atoms. The van der Waals surface area contributed by atoms with Crippen LogP contribution < -0.4 is 0 Å². The Labute approximate surface area is 98.0 Å². The summed E-state index contributed by atoms with van der Waals surface area (Å²) in [5, 5.41) is 18.8. The molecule has 0 saturated carbocycles. The summed E-state index contributed by atoms with van der Waals surface area (Å²) in [5.41, 5.74) is 0. The Kier molecular flexibility index (Phi) is 4.29. The molecule has 0 spiro atoms. The van der Waals surface area contributed by atoms with Crippen LogP contribution in [0.25, 0.3) is 0 Å². The largest absolute Gasteiger partial charge is 0.478 e. The lowest BCUT2D eigenvalue weighted by Gasteiger charge is -2.26. The van der Waals surface area contributed by atoms with Crippen LogP contribution in [0, 0.1) is 0 Å². The molecule has 92 valence electrons. The van der Waals surface area contributed by atoms with Crippen LogP contribution in [-0.4, -0.2) is 38.3 Å². The third kappa shape index (κ3) is 3.60. The van der Waals surface area contributed by atoms with Crippen molar-refractivity contribution in [2.45, 2.75) is 39.3 Å². The van der Waals surface area contributed by atoms with E-state index in [9.17, 15) is 19.8 Å². The van der Waals surface area contributed by atoms with E-state index in [-0.39, 0.29) is 10.4 Å². The van der Waals surface area contributed by atoms with Crippen molar-refractivity contribution in [3.8, 4) is 0 Å². The molecule has 0 amide bonds. The maximum Gasteiger partial charge on any atom is 0.327 e. The van der Waals surface area contributed by atoms with Gasteiger partial charge in [-0.25, -0.2) is 9.59 Å². The summed E-state index contributed by atoms with van der Waals surface area (Å²) >= 11 is 0. The molecule has 2 N–H and O–H groups in total. The van der Waals surface area contributed by atoms with Crippen molar-refractivity contribution in [2.75, 3.05) is 0 Å². The summed E-state index contributed by atoms with van der Waals surface area (Å²) in [4.78, 5) is 22.5. The standard InChI is InChI=1S/C10H20O4Si2/c1-15(2,3)7(9(11)12)8(10(13)14)16(4,5)6/h1-6H3,(H,11,12)(H,13,14)/b8-7+. The highest BCUT2D eigenvalue weighted by Crippen LogP contribution is 2.26. The molecule has 0 aliphatic heterocycles. The molecule has 0 fully saturated rings. The minimum absolute atomic E-state index is 0.166. The Hall–Kier alpha value is -0.886. The molecule has 0 atom stereocenters. The molecule has 0 aliphatic rings. The van der Waals surface area contributed by atoms with Crippen molar-refractivity contribution < 1.29 is 19.8 Å². The van der Waals surface area contributed by atoms with Gasteiger partial charge in [-0.15, -0.1) is 0 Å². The van der Waals surface area contributed by atoms with Crippen LogP contribution in [0.4, 0.5) is 0 Å². The molecule has 0 heterocycles. The monoisotopic (exact) mass is 260 g/mol. The molecular weight excluding hydrogens is 240 g/mol. The molecule has 0 saturated heterocycles. The SMILES string of the molecule is C[Si](C)(C)/C(C(=O)O)=C(\C(=O)O)[Si](C)(C)C. The topological polar surface area (TPSA) is 74.6 Å². The van der Waals surface area contributed by atoms with E-state index in [0.29, 0.717) is 0 Å². The van der Waals surface area contributed by atoms with Crippen molar-refractivity contribution in [3.63, 3.8) is 0 Å². The fourth-order valence-corrected chi connectivity index (χ4v) is 6.85. The second-order valence-electron chi connectivity index (χ2n) is 5.86. The van der Waals surface area contributed by atoms with Gasteiger partial charge in [0.05, 0.1) is 16.1 Å². The number of carbonyl (C=O) groups is 2. The second-order valence-corrected chi connectivity index (χ2v) is 15.9. The third-order valence-corrected chi connectivity index (χ3v) is 6.36. The Morgan fingerprint density at radius 1 is 0.688 bits per heavy atom. The lowest BCUT2D eigenvalue weighted by molar-refractivity contribution is -0.135. The molecular formula is C10H20O4Si2. The Morgan fingerprint density at radius 2 is 0.875 bits per heavy atom. The van der Waals surface area contributed by atoms with Gasteiger partial charge in [0.1, 0.15) is 0 Å². The number of rotatable bonds is 4. The number of carboxylic acid groups (broad SMARTS) is 2. The first kappa shape index (κ1) is 15.1. The van der Waals surface area contributed by atoms with Crippen molar-refractivity contribution in [1.82, 2.24) is 0 Å². The van der Waals surface area contributed by atoms with Gasteiger partial charge in [0.25, 0.3) is 0 Å². The summed E-state index contributed by atoms with van der Waals surface area (Å²) in [6, 6.07) is 0. The van der Waals surface area contributed by atoms with Crippen LogP contribution in [0.2, 0.25) is 39.3 Å². The highest BCUT2D eigenvalue weighted by atomic mass is 28.3. The van der Waals surface area contributed by atoms with Gasteiger partial charge in [0.15, 0.2) is 0 Å². The van der Waals surface area contributed by atoms with E-state index in [1.807, 2.05) is 39.3 Å². The van der Waals surface area contributed by atoms with Gasteiger partial charge < -0.3 is 10.2 Å². The van der Waals surface area contributed by atoms with Crippen LogP contribution in [0.5, 0.6) is 0 Å². The van der Waals surface area contributed by atoms with E-state index < -0.39 is 28.1 Å². The van der Waals surface area contributed by atoms with Crippen LogP contribution in [0.15, 0.2) is 10.4 Å². The Balaban J connectivity index is 6.09. The molecule has 0 aliphatic carbocycles. The predicted octanol–water partition coefficient (Wildman–Crippen LogP) is 2.21. The smallest absolute Gasteiger partial charge is 0.327 e. The summed E-state index contributed by atoms with van der Waals surface area (Å²) in [6.45, 7) is 11.2. The summed E-state index contributed by atoms with van der Waals surface area (Å²) in [7, 11) is -4.30. The van der Waals surface area contributed by atoms with E-state index in [2.05, 4.69) is 0 Å². The van der Waals surface area contributed by atoms with Gasteiger partial charge in [0, 0.05) is 10.4 Å². The third-order valence-electron chi connectivity index (χ3n) is 2.18. The van der Waals surface area contributed by atoms with Crippen LogP contribution in [0.1, 0.15) is 0 Å². The van der Waals surface area contributed by atoms with Gasteiger partial charge in [-0.3, -0.25) is 0 Å². The number of hydrogen-bond donors (Lipinski definition) is 2. The predicted molar refractivity (Wildman–Crippen MR) is 69.0 cm³/mol. The van der Waals surface area contributed by atoms with E-state index in [1.165, 1.54) is 0 Å². The van der Waals surface area contributed by atoms with Crippen molar-refractivity contribution in [2.24, 2.45) is 0 Å². The minimum atomic E-state index is -2.15. The van der Waals surface area contributed by atoms with Crippen molar-refractivity contribution in [3.05, 3.63) is 10.4 Å². The maximum atomic E-state index is 11.3. The summed E-state index contributed by atoms with van der Waals surface area (Å²) < 4.78 is 0. The van der Waals surface area contributed by atoms with Crippen molar-refractivity contribution in [1.29, 1.82) is 0 Å². The van der Waals surface area contributed by atoms with Gasteiger partial charge in [0.2, 0.25) is 0 Å². The number of aliphatic carboxylic acids is 2. The first-order valence-electron chi connectivity index (χ1n) is 5.11. The summed E-state index contributed by atoms with van der Waals surface area (Å²) in [5.74, 6) is -2.14. The van der Waals surface area contributed by atoms with Gasteiger partial charge >= 0.3 is 11.9 Å². The molecule has 6 heteroatoms. The van der Waals surface area contributed by atoms with Crippen LogP contribution in [0.3, 0.4) is 0 Å². The van der Waals surface area contributed by atoms with Crippen LogP contribution in [-0.2, 0) is 9.59 Å². The lowest BCUT2D eigenvalue weighted by atomic mass is 10.5. The van der Waals surface area contributed by atoms with E-state index >= 15 is 0 Å². The lowest BCUT2D eigenvalue weighted by Crippen LogP contribution is -2.40. The Bertz CT molecular complexity index is 311. The number of hydrogen-bond acceptors (Lipinski definition) is 2. The zero-order chi connectivity index (χ0) is 13.3. The molecule has 0 aromatic rings. The maximum absolute atomic E-state index is 11.3. The Morgan fingerprint density at radius 3 is 0.938 bits per heavy atom. The second kappa shape index (κ2) is 4.54. The first-order chi connectivity index (χ1) is 6.89. The molecule has 0 aromatic heterocycles. The first-order valence-corrected chi connectivity index (χ1v) is 12.1. The average Bonchev–Trinajstić information content (AvgIpc) is 1.92. The zero-order valence-electron chi connectivity index (χ0n) is 10.7. The molecule has 0 aromatic carbocycles. The molecule has 4 nitrogen and oxygen atoms in total. The molecule has 0 rings (SSSR count). The molecule has 0 unspecified atom stereocenters. The minimum Gasteiger partial charge on any atom is -0.478 e. The van der Waals surface area contributed by atoms with Gasteiger partial charge in [-0.1, -0.05) is 39.3 Å². The zero-order valence-corrected chi connectivity index (χ0v) is 12.7. The summed E-state index contributed by atoms with van der Waals surface area (Å²) in [6.07, 6.45) is 0. The van der Waals surface area contributed by atoms with Gasteiger partial charge in [-0.2, -0.15) is 0 Å². The van der Waals surface area contributed by atoms with E-state index in [0.717, 1.165) is 0 Å². The highest BCUT2D eigenvalue weighted by molar-refractivity contribution is 6.94. The fourth-order valence-electron chi connectivity index (χ4n) is 1.61. The quantitative estimate of drug-likeness (QED) is 0.600.